The number of nitrogens with two attached hydrogens (primary N) is 1. The molecule has 104 valence electrons. The molecular formula is C14H25NO3. The van der Waals surface area contributed by atoms with E-state index in [1.54, 1.807) is 0 Å². The average Bonchev–Trinajstić information content (AvgIpc) is 2.28. The Morgan fingerprint density at radius 1 is 1.22 bits per heavy atom. The molecule has 1 fully saturated rings. The molecule has 3 N–H and O–H groups in total. The summed E-state index contributed by atoms with van der Waals surface area (Å²) in [6, 6.07) is 0. The number of hydrogen-bond donors (Lipinski definition) is 2. The fourth-order valence-electron chi connectivity index (χ4n) is 2.46. The molecule has 1 saturated carbocycles. The van der Waals surface area contributed by atoms with Crippen molar-refractivity contribution in [3.63, 3.8) is 0 Å². The summed E-state index contributed by atoms with van der Waals surface area (Å²) >= 11 is 0. The van der Waals surface area contributed by atoms with Crippen molar-refractivity contribution in [3.8, 4) is 0 Å². The monoisotopic (exact) mass is 255 g/mol. The summed E-state index contributed by atoms with van der Waals surface area (Å²) in [4.78, 5) is 22.7. The highest BCUT2D eigenvalue weighted by atomic mass is 16.4. The zero-order chi connectivity index (χ0) is 13.6. The summed E-state index contributed by atoms with van der Waals surface area (Å²) in [6.45, 7) is 1.92. The normalized spacial score (nSPS) is 32.3. The quantitative estimate of drug-likeness (QED) is 0.754. The highest BCUT2D eigenvalue weighted by Gasteiger charge is 2.25. The van der Waals surface area contributed by atoms with Crippen LogP contribution in [0.15, 0.2) is 0 Å². The van der Waals surface area contributed by atoms with Crippen molar-refractivity contribution < 1.29 is 14.7 Å². The molecule has 0 aromatic rings. The van der Waals surface area contributed by atoms with Gasteiger partial charge in [0, 0.05) is 18.4 Å². The summed E-state index contributed by atoms with van der Waals surface area (Å²) in [5.41, 5.74) is 5.72. The SMILES string of the molecule is CC1(N)CCC(=O)CCCCCC(C(=O)O)CC1. The first-order chi connectivity index (χ1) is 8.41. The smallest absolute Gasteiger partial charge is 0.306 e. The summed E-state index contributed by atoms with van der Waals surface area (Å²) in [7, 11) is 0. The molecule has 4 nitrogen and oxygen atoms in total. The van der Waals surface area contributed by atoms with Crippen molar-refractivity contribution in [2.45, 2.75) is 70.3 Å². The van der Waals surface area contributed by atoms with Gasteiger partial charge in [-0.25, -0.2) is 0 Å². The fourth-order valence-corrected chi connectivity index (χ4v) is 2.46. The number of carboxylic acids is 1. The van der Waals surface area contributed by atoms with E-state index in [2.05, 4.69) is 0 Å². The Labute approximate surface area is 109 Å². The minimum atomic E-state index is -0.709. The zero-order valence-corrected chi connectivity index (χ0v) is 11.3. The highest BCUT2D eigenvalue weighted by Crippen LogP contribution is 2.24. The molecule has 0 spiro atoms. The molecule has 2 atom stereocenters. The summed E-state index contributed by atoms with van der Waals surface area (Å²) in [5.74, 6) is -0.691. The van der Waals surface area contributed by atoms with Crippen molar-refractivity contribution >= 4 is 11.8 Å². The van der Waals surface area contributed by atoms with E-state index in [9.17, 15) is 9.59 Å². The lowest BCUT2D eigenvalue weighted by Gasteiger charge is -2.26. The van der Waals surface area contributed by atoms with Crippen LogP contribution in [0.25, 0.3) is 0 Å². The Hall–Kier alpha value is -0.900. The van der Waals surface area contributed by atoms with Crippen molar-refractivity contribution in [1.29, 1.82) is 0 Å². The van der Waals surface area contributed by atoms with Crippen LogP contribution in [0.1, 0.15) is 64.7 Å². The van der Waals surface area contributed by atoms with Gasteiger partial charge in [0.25, 0.3) is 0 Å². The number of carboxylic acid groups (broad SMARTS) is 1. The van der Waals surface area contributed by atoms with E-state index in [0.29, 0.717) is 44.3 Å². The van der Waals surface area contributed by atoms with Crippen LogP contribution in [-0.4, -0.2) is 22.4 Å². The predicted molar refractivity (Wildman–Crippen MR) is 70.3 cm³/mol. The van der Waals surface area contributed by atoms with Crippen molar-refractivity contribution in [3.05, 3.63) is 0 Å². The molecule has 0 heterocycles. The van der Waals surface area contributed by atoms with E-state index in [-0.39, 0.29) is 5.92 Å². The van der Waals surface area contributed by atoms with Gasteiger partial charge in [0.1, 0.15) is 5.78 Å². The van der Waals surface area contributed by atoms with Gasteiger partial charge in [0.05, 0.1) is 5.92 Å². The molecule has 18 heavy (non-hydrogen) atoms. The predicted octanol–water partition coefficient (Wildman–Crippen LogP) is 2.50. The molecule has 0 bridgehead atoms. The van der Waals surface area contributed by atoms with E-state index in [1.807, 2.05) is 6.92 Å². The third-order valence-electron chi connectivity index (χ3n) is 3.90. The molecule has 0 amide bonds. The standard InChI is InChI=1S/C14H25NO3/c1-14(15)9-7-11(13(17)18)5-3-2-4-6-12(16)8-10-14/h11H,2-10,15H2,1H3,(H,17,18). The second-order valence-electron chi connectivity index (χ2n) is 5.87. The lowest BCUT2D eigenvalue weighted by Crippen LogP contribution is -2.37. The lowest BCUT2D eigenvalue weighted by atomic mass is 9.84. The average molecular weight is 255 g/mol. The highest BCUT2D eigenvalue weighted by molar-refractivity contribution is 5.78. The summed E-state index contributed by atoms with van der Waals surface area (Å²) in [5, 5.41) is 9.16. The van der Waals surface area contributed by atoms with Gasteiger partial charge in [-0.15, -0.1) is 0 Å². The number of carbonyl (C=O) groups is 2. The van der Waals surface area contributed by atoms with Gasteiger partial charge in [-0.2, -0.15) is 0 Å². The van der Waals surface area contributed by atoms with Crippen LogP contribution in [0.4, 0.5) is 0 Å². The van der Waals surface area contributed by atoms with Gasteiger partial charge < -0.3 is 10.8 Å². The minimum Gasteiger partial charge on any atom is -0.481 e. The number of aliphatic carboxylic acids is 1. The fraction of sp³-hybridized carbons (Fsp3) is 0.857. The molecule has 2 unspecified atom stereocenters. The molecule has 1 aliphatic carbocycles. The molecule has 4 heteroatoms. The van der Waals surface area contributed by atoms with Gasteiger partial charge >= 0.3 is 5.97 Å². The van der Waals surface area contributed by atoms with E-state index < -0.39 is 11.5 Å². The van der Waals surface area contributed by atoms with Gasteiger partial charge in [-0.3, -0.25) is 9.59 Å². The number of hydrogen-bond acceptors (Lipinski definition) is 3. The van der Waals surface area contributed by atoms with Gasteiger partial charge in [0.2, 0.25) is 0 Å². The first kappa shape index (κ1) is 15.2. The van der Waals surface area contributed by atoms with Crippen LogP contribution in [0.3, 0.4) is 0 Å². The number of rotatable bonds is 1. The minimum absolute atomic E-state index is 0.275. The first-order valence-corrected chi connectivity index (χ1v) is 6.94. The van der Waals surface area contributed by atoms with Crippen molar-refractivity contribution in [2.24, 2.45) is 11.7 Å². The maximum atomic E-state index is 11.6. The zero-order valence-electron chi connectivity index (χ0n) is 11.3. The second kappa shape index (κ2) is 6.88. The van der Waals surface area contributed by atoms with E-state index in [1.165, 1.54) is 0 Å². The van der Waals surface area contributed by atoms with Gasteiger partial charge in [-0.1, -0.05) is 12.8 Å². The van der Waals surface area contributed by atoms with Crippen LogP contribution < -0.4 is 5.73 Å². The molecule has 0 saturated heterocycles. The Bertz CT molecular complexity index is 299. The van der Waals surface area contributed by atoms with Gasteiger partial charge in [-0.05, 0) is 39.0 Å². The Kier molecular flexibility index (Phi) is 5.79. The number of carbonyl (C=O) groups excluding carboxylic acids is 1. The van der Waals surface area contributed by atoms with E-state index in [4.69, 9.17) is 10.8 Å². The molecular weight excluding hydrogens is 230 g/mol. The largest absolute Gasteiger partial charge is 0.481 e. The third kappa shape index (κ3) is 5.63. The summed E-state index contributed by atoms with van der Waals surface area (Å²) in [6.07, 6.45) is 6.55. The lowest BCUT2D eigenvalue weighted by molar-refractivity contribution is -0.142. The van der Waals surface area contributed by atoms with Crippen LogP contribution in [0.2, 0.25) is 0 Å². The molecule has 0 radical (unpaired) electrons. The van der Waals surface area contributed by atoms with E-state index in [0.717, 1.165) is 19.3 Å². The Balaban J connectivity index is 2.59. The van der Waals surface area contributed by atoms with Crippen molar-refractivity contribution in [2.75, 3.05) is 0 Å². The van der Waals surface area contributed by atoms with Crippen LogP contribution >= 0.6 is 0 Å². The van der Waals surface area contributed by atoms with Crippen LogP contribution in [0, 0.1) is 5.92 Å². The van der Waals surface area contributed by atoms with Crippen LogP contribution in [0.5, 0.6) is 0 Å². The number of Topliss-reactive ketones (excluding diaryl/α,β-unsaturated/α-hetero) is 1. The Morgan fingerprint density at radius 3 is 2.61 bits per heavy atom. The maximum Gasteiger partial charge on any atom is 0.306 e. The molecule has 1 rings (SSSR count). The number of ketones is 1. The summed E-state index contributed by atoms with van der Waals surface area (Å²) < 4.78 is 0. The molecule has 0 aromatic carbocycles. The molecule has 0 aromatic heterocycles. The Morgan fingerprint density at radius 2 is 1.94 bits per heavy atom. The van der Waals surface area contributed by atoms with Crippen molar-refractivity contribution in [1.82, 2.24) is 0 Å². The topological polar surface area (TPSA) is 80.4 Å². The van der Waals surface area contributed by atoms with Gasteiger partial charge in [0.15, 0.2) is 0 Å². The second-order valence-corrected chi connectivity index (χ2v) is 5.87. The third-order valence-corrected chi connectivity index (χ3v) is 3.90. The molecule has 0 aliphatic heterocycles. The maximum absolute atomic E-state index is 11.6. The first-order valence-electron chi connectivity index (χ1n) is 6.94. The molecule has 1 aliphatic rings. The van der Waals surface area contributed by atoms with Crippen LogP contribution in [-0.2, 0) is 9.59 Å². The van der Waals surface area contributed by atoms with E-state index >= 15 is 0 Å².